The van der Waals surface area contributed by atoms with Crippen molar-refractivity contribution in [3.05, 3.63) is 60.2 Å². The summed E-state index contributed by atoms with van der Waals surface area (Å²) in [5.74, 6) is -0.327. The number of benzene rings is 2. The van der Waals surface area contributed by atoms with Crippen molar-refractivity contribution < 1.29 is 13.2 Å². The predicted molar refractivity (Wildman–Crippen MR) is 98.0 cm³/mol. The first-order valence-electron chi connectivity index (χ1n) is 8.43. The lowest BCUT2D eigenvalue weighted by molar-refractivity contribution is 0.102. The molecule has 6 heteroatoms. The Morgan fingerprint density at radius 3 is 2.40 bits per heavy atom. The van der Waals surface area contributed by atoms with E-state index < -0.39 is 10.0 Å². The summed E-state index contributed by atoms with van der Waals surface area (Å²) in [7, 11) is -1.97. The summed E-state index contributed by atoms with van der Waals surface area (Å²) in [6.07, 6.45) is 3.90. The number of hydrogen-bond donors (Lipinski definition) is 1. The summed E-state index contributed by atoms with van der Waals surface area (Å²) in [6.45, 7) is 0. The van der Waals surface area contributed by atoms with Crippen LogP contribution >= 0.6 is 0 Å². The Morgan fingerprint density at radius 2 is 1.72 bits per heavy atom. The lowest BCUT2D eigenvalue weighted by atomic mass is 10.2. The third kappa shape index (κ3) is 3.91. The number of nitrogens with zero attached hydrogens (tertiary/aromatic N) is 1. The Hall–Kier alpha value is -2.18. The van der Waals surface area contributed by atoms with E-state index in [4.69, 9.17) is 0 Å². The molecule has 0 atom stereocenters. The molecule has 0 spiro atoms. The lowest BCUT2D eigenvalue weighted by Gasteiger charge is -2.23. The van der Waals surface area contributed by atoms with Gasteiger partial charge in [-0.15, -0.1) is 0 Å². The van der Waals surface area contributed by atoms with Crippen LogP contribution in [0.5, 0.6) is 0 Å². The molecule has 0 bridgehead atoms. The molecule has 0 heterocycles. The molecule has 1 saturated carbocycles. The van der Waals surface area contributed by atoms with Crippen LogP contribution in [-0.4, -0.2) is 31.7 Å². The van der Waals surface area contributed by atoms with Gasteiger partial charge in [0.1, 0.15) is 0 Å². The molecule has 1 fully saturated rings. The fraction of sp³-hybridized carbons (Fsp3) is 0.316. The minimum atomic E-state index is -3.60. The molecule has 1 aliphatic carbocycles. The molecule has 0 aliphatic heterocycles. The Morgan fingerprint density at radius 1 is 1.04 bits per heavy atom. The summed E-state index contributed by atoms with van der Waals surface area (Å²) in [5.41, 5.74) is 0.994. The lowest BCUT2D eigenvalue weighted by Crippen LogP contribution is -2.35. The van der Waals surface area contributed by atoms with E-state index in [2.05, 4.69) is 5.32 Å². The molecule has 5 nitrogen and oxygen atoms in total. The highest BCUT2D eigenvalue weighted by atomic mass is 32.2. The third-order valence-electron chi connectivity index (χ3n) is 4.64. The van der Waals surface area contributed by atoms with Crippen LogP contribution in [0.3, 0.4) is 0 Å². The van der Waals surface area contributed by atoms with E-state index in [-0.39, 0.29) is 16.8 Å². The fourth-order valence-electron chi connectivity index (χ4n) is 3.15. The first kappa shape index (κ1) is 17.6. The number of rotatable bonds is 5. The van der Waals surface area contributed by atoms with Gasteiger partial charge in [-0.1, -0.05) is 37.1 Å². The number of hydrogen-bond acceptors (Lipinski definition) is 3. The largest absolute Gasteiger partial charge is 0.322 e. The van der Waals surface area contributed by atoms with Gasteiger partial charge in [0.15, 0.2) is 0 Å². The second-order valence-corrected chi connectivity index (χ2v) is 8.31. The second-order valence-electron chi connectivity index (χ2n) is 6.31. The molecule has 1 amide bonds. The van der Waals surface area contributed by atoms with Crippen molar-refractivity contribution in [1.82, 2.24) is 4.31 Å². The van der Waals surface area contributed by atoms with Crippen molar-refractivity contribution in [3.63, 3.8) is 0 Å². The number of amides is 1. The van der Waals surface area contributed by atoms with Gasteiger partial charge in [0, 0.05) is 24.3 Å². The molecule has 132 valence electrons. The zero-order valence-corrected chi connectivity index (χ0v) is 15.0. The van der Waals surface area contributed by atoms with E-state index in [0.717, 1.165) is 25.7 Å². The van der Waals surface area contributed by atoms with Crippen molar-refractivity contribution in [2.24, 2.45) is 0 Å². The molecular formula is C19H22N2O3S. The van der Waals surface area contributed by atoms with E-state index in [0.29, 0.717) is 11.3 Å². The zero-order valence-electron chi connectivity index (χ0n) is 14.2. The van der Waals surface area contributed by atoms with Gasteiger partial charge in [0.05, 0.1) is 4.90 Å². The maximum absolute atomic E-state index is 12.8. The van der Waals surface area contributed by atoms with Crippen molar-refractivity contribution in [1.29, 1.82) is 0 Å². The molecule has 0 saturated heterocycles. The molecule has 0 radical (unpaired) electrons. The average Bonchev–Trinajstić information content (AvgIpc) is 3.16. The summed E-state index contributed by atoms with van der Waals surface area (Å²) < 4.78 is 27.1. The standard InChI is InChI=1S/C19H22N2O3S/c1-21(17-11-5-6-12-17)25(23,24)18-13-7-8-15(14-18)19(22)20-16-9-3-2-4-10-16/h2-4,7-10,13-14,17H,5-6,11-12H2,1H3,(H,20,22). The van der Waals surface area contributed by atoms with Gasteiger partial charge in [-0.3, -0.25) is 4.79 Å². The quantitative estimate of drug-likeness (QED) is 0.889. The summed E-state index contributed by atoms with van der Waals surface area (Å²) >= 11 is 0. The maximum Gasteiger partial charge on any atom is 0.255 e. The predicted octanol–water partition coefficient (Wildman–Crippen LogP) is 3.50. The average molecular weight is 358 g/mol. The Labute approximate surface area is 148 Å². The Bertz CT molecular complexity index is 844. The number of carbonyl (C=O) groups excluding carboxylic acids is 1. The van der Waals surface area contributed by atoms with E-state index in [1.165, 1.54) is 10.4 Å². The van der Waals surface area contributed by atoms with Crippen molar-refractivity contribution >= 4 is 21.6 Å². The van der Waals surface area contributed by atoms with Crippen LogP contribution in [0.1, 0.15) is 36.0 Å². The number of para-hydroxylation sites is 1. The second kappa shape index (κ2) is 7.37. The van der Waals surface area contributed by atoms with Gasteiger partial charge in [-0.05, 0) is 43.2 Å². The van der Waals surface area contributed by atoms with E-state index in [9.17, 15) is 13.2 Å². The molecule has 2 aromatic carbocycles. The highest BCUT2D eigenvalue weighted by Gasteiger charge is 2.30. The molecule has 0 aromatic heterocycles. The van der Waals surface area contributed by atoms with Crippen LogP contribution in [0.25, 0.3) is 0 Å². The molecule has 2 aromatic rings. The van der Waals surface area contributed by atoms with Crippen molar-refractivity contribution in [2.75, 3.05) is 12.4 Å². The van der Waals surface area contributed by atoms with Gasteiger partial charge in [0.25, 0.3) is 5.91 Å². The van der Waals surface area contributed by atoms with E-state index in [1.54, 1.807) is 37.4 Å². The van der Waals surface area contributed by atoms with Crippen LogP contribution < -0.4 is 5.32 Å². The first-order valence-corrected chi connectivity index (χ1v) is 9.87. The highest BCUT2D eigenvalue weighted by molar-refractivity contribution is 7.89. The molecule has 3 rings (SSSR count). The van der Waals surface area contributed by atoms with Gasteiger partial charge >= 0.3 is 0 Å². The monoisotopic (exact) mass is 358 g/mol. The van der Waals surface area contributed by atoms with Crippen LogP contribution in [0, 0.1) is 0 Å². The first-order chi connectivity index (χ1) is 12.0. The van der Waals surface area contributed by atoms with E-state index in [1.807, 2.05) is 18.2 Å². The van der Waals surface area contributed by atoms with Crippen LogP contribution in [0.2, 0.25) is 0 Å². The number of nitrogens with one attached hydrogen (secondary N) is 1. The molecule has 1 aliphatic rings. The Balaban J connectivity index is 1.82. The maximum atomic E-state index is 12.8. The van der Waals surface area contributed by atoms with E-state index >= 15 is 0 Å². The molecule has 0 unspecified atom stereocenters. The molecular weight excluding hydrogens is 336 g/mol. The van der Waals surface area contributed by atoms with Gasteiger partial charge in [-0.25, -0.2) is 8.42 Å². The minimum Gasteiger partial charge on any atom is -0.322 e. The van der Waals surface area contributed by atoms with Crippen molar-refractivity contribution in [2.45, 2.75) is 36.6 Å². The SMILES string of the molecule is CN(C1CCCC1)S(=O)(=O)c1cccc(C(=O)Nc2ccccc2)c1. The topological polar surface area (TPSA) is 66.5 Å². The van der Waals surface area contributed by atoms with Crippen molar-refractivity contribution in [3.8, 4) is 0 Å². The van der Waals surface area contributed by atoms with Gasteiger partial charge < -0.3 is 5.32 Å². The third-order valence-corrected chi connectivity index (χ3v) is 6.55. The van der Waals surface area contributed by atoms with Gasteiger partial charge in [-0.2, -0.15) is 4.31 Å². The minimum absolute atomic E-state index is 0.0480. The normalized spacial score (nSPS) is 15.4. The smallest absolute Gasteiger partial charge is 0.255 e. The zero-order chi connectivity index (χ0) is 17.9. The number of sulfonamides is 1. The highest BCUT2D eigenvalue weighted by Crippen LogP contribution is 2.27. The van der Waals surface area contributed by atoms with Gasteiger partial charge in [0.2, 0.25) is 10.0 Å². The van der Waals surface area contributed by atoms with Crippen LogP contribution in [0.4, 0.5) is 5.69 Å². The fourth-order valence-corrected chi connectivity index (χ4v) is 4.62. The number of anilines is 1. The van der Waals surface area contributed by atoms with Crippen LogP contribution in [-0.2, 0) is 10.0 Å². The van der Waals surface area contributed by atoms with Crippen LogP contribution in [0.15, 0.2) is 59.5 Å². The summed E-state index contributed by atoms with van der Waals surface area (Å²) in [4.78, 5) is 12.6. The summed E-state index contributed by atoms with van der Waals surface area (Å²) in [5, 5.41) is 2.77. The number of carbonyl (C=O) groups is 1. The molecule has 25 heavy (non-hydrogen) atoms. The molecule has 1 N–H and O–H groups in total. The summed E-state index contributed by atoms with van der Waals surface area (Å²) in [6, 6.07) is 15.3. The Kier molecular flexibility index (Phi) is 5.20.